The molecule has 9 heteroatoms. The summed E-state index contributed by atoms with van der Waals surface area (Å²) in [6, 6.07) is 6.96. The fraction of sp³-hybridized carbons (Fsp3) is 0.400. The minimum Gasteiger partial charge on any atom is -0.468 e. The topological polar surface area (TPSA) is 81.2 Å². The zero-order chi connectivity index (χ0) is 21.6. The molecule has 2 rings (SSSR count). The smallest absolute Gasteiger partial charge is 0.422 e. The van der Waals surface area contributed by atoms with Gasteiger partial charge in [-0.3, -0.25) is 14.6 Å². The van der Waals surface area contributed by atoms with E-state index in [-0.39, 0.29) is 18.1 Å². The van der Waals surface area contributed by atoms with E-state index in [4.69, 9.17) is 0 Å². The number of hydrogen-bond acceptors (Lipinski definition) is 5. The molecule has 29 heavy (non-hydrogen) atoms. The molecule has 0 radical (unpaired) electrons. The number of nitrogens with zero attached hydrogens (tertiary/aromatic N) is 2. The Hall–Kier alpha value is -2.97. The van der Waals surface area contributed by atoms with Crippen molar-refractivity contribution in [1.82, 2.24) is 15.3 Å². The fourth-order valence-electron chi connectivity index (χ4n) is 2.55. The Labute approximate surface area is 166 Å². The highest BCUT2D eigenvalue weighted by Crippen LogP contribution is 2.19. The summed E-state index contributed by atoms with van der Waals surface area (Å²) < 4.78 is 41.5. The number of halogens is 3. The van der Waals surface area contributed by atoms with Crippen LogP contribution in [0.5, 0.6) is 5.88 Å². The van der Waals surface area contributed by atoms with Crippen LogP contribution in [0.25, 0.3) is 0 Å². The highest BCUT2D eigenvalue weighted by molar-refractivity contribution is 5.94. The van der Waals surface area contributed by atoms with Crippen molar-refractivity contribution in [1.29, 1.82) is 0 Å². The first-order valence-corrected chi connectivity index (χ1v) is 9.04. The summed E-state index contributed by atoms with van der Waals surface area (Å²) >= 11 is 0. The van der Waals surface area contributed by atoms with Gasteiger partial charge in [-0.15, -0.1) is 0 Å². The Morgan fingerprint density at radius 3 is 2.59 bits per heavy atom. The van der Waals surface area contributed by atoms with E-state index < -0.39 is 24.7 Å². The minimum absolute atomic E-state index is 0.0164. The first-order valence-electron chi connectivity index (χ1n) is 9.04. The number of pyridine rings is 2. The molecule has 2 aromatic rings. The Morgan fingerprint density at radius 2 is 1.93 bits per heavy atom. The Morgan fingerprint density at radius 1 is 1.21 bits per heavy atom. The highest BCUT2D eigenvalue weighted by atomic mass is 19.4. The molecular weight excluding hydrogens is 387 g/mol. The van der Waals surface area contributed by atoms with Crippen LogP contribution in [0, 0.1) is 6.92 Å². The summed E-state index contributed by atoms with van der Waals surface area (Å²) in [6.45, 7) is 3.69. The molecule has 0 aliphatic heterocycles. The Kier molecular flexibility index (Phi) is 7.30. The van der Waals surface area contributed by atoms with Gasteiger partial charge in [0, 0.05) is 35.9 Å². The number of carbonyl (C=O) groups excluding carboxylic acids is 2. The molecule has 1 unspecified atom stereocenters. The predicted octanol–water partition coefficient (Wildman–Crippen LogP) is 3.74. The number of ketones is 1. The van der Waals surface area contributed by atoms with Crippen molar-refractivity contribution in [3.05, 3.63) is 53.0 Å². The summed E-state index contributed by atoms with van der Waals surface area (Å²) in [5.41, 5.74) is 1.80. The standard InChI is InChI=1S/C20H22F3N3O3/c1-4-16(27)10-15-9-14(8-12(2)24-15)19(28)25-13(3)17-6-5-7-18(26-17)29-11-20(21,22)23/h5-9,13H,4,10-11H2,1-3H3,(H,25,28). The van der Waals surface area contributed by atoms with E-state index in [1.165, 1.54) is 12.1 Å². The zero-order valence-corrected chi connectivity index (χ0v) is 16.3. The van der Waals surface area contributed by atoms with Crippen molar-refractivity contribution in [2.75, 3.05) is 6.61 Å². The normalized spacial score (nSPS) is 12.3. The van der Waals surface area contributed by atoms with Gasteiger partial charge in [0.15, 0.2) is 6.61 Å². The summed E-state index contributed by atoms with van der Waals surface area (Å²) in [6.07, 6.45) is -3.94. The average molecular weight is 409 g/mol. The molecule has 0 saturated carbocycles. The maximum absolute atomic E-state index is 12.6. The number of carbonyl (C=O) groups is 2. The maximum atomic E-state index is 12.6. The lowest BCUT2D eigenvalue weighted by Crippen LogP contribution is -2.28. The van der Waals surface area contributed by atoms with Crippen LogP contribution in [0.15, 0.2) is 30.3 Å². The molecule has 2 aromatic heterocycles. The van der Waals surface area contributed by atoms with Crippen molar-refractivity contribution >= 4 is 11.7 Å². The van der Waals surface area contributed by atoms with Crippen LogP contribution in [0.4, 0.5) is 13.2 Å². The number of alkyl halides is 3. The second kappa shape index (κ2) is 9.49. The molecule has 6 nitrogen and oxygen atoms in total. The average Bonchev–Trinajstić information content (AvgIpc) is 2.65. The highest BCUT2D eigenvalue weighted by Gasteiger charge is 2.28. The largest absolute Gasteiger partial charge is 0.468 e. The lowest BCUT2D eigenvalue weighted by molar-refractivity contribution is -0.154. The monoisotopic (exact) mass is 409 g/mol. The van der Waals surface area contributed by atoms with Crippen LogP contribution in [0.2, 0.25) is 0 Å². The molecule has 0 aliphatic carbocycles. The van der Waals surface area contributed by atoms with Crippen LogP contribution in [-0.4, -0.2) is 34.4 Å². The van der Waals surface area contributed by atoms with Crippen LogP contribution >= 0.6 is 0 Å². The maximum Gasteiger partial charge on any atom is 0.422 e. The molecule has 0 saturated heterocycles. The van der Waals surface area contributed by atoms with Gasteiger partial charge >= 0.3 is 6.18 Å². The van der Waals surface area contributed by atoms with Crippen LogP contribution in [0.3, 0.4) is 0 Å². The second-order valence-corrected chi connectivity index (χ2v) is 6.56. The quantitative estimate of drug-likeness (QED) is 0.718. The van der Waals surface area contributed by atoms with E-state index in [9.17, 15) is 22.8 Å². The van der Waals surface area contributed by atoms with E-state index in [0.717, 1.165) is 0 Å². The molecule has 2 heterocycles. The van der Waals surface area contributed by atoms with Crippen molar-refractivity contribution in [2.24, 2.45) is 0 Å². The predicted molar refractivity (Wildman–Crippen MR) is 99.6 cm³/mol. The molecule has 0 aromatic carbocycles. The second-order valence-electron chi connectivity index (χ2n) is 6.56. The number of aromatic nitrogens is 2. The molecule has 1 N–H and O–H groups in total. The van der Waals surface area contributed by atoms with E-state index in [1.807, 2.05) is 0 Å². The molecule has 0 spiro atoms. The first kappa shape index (κ1) is 22.3. The Bertz CT molecular complexity index is 885. The van der Waals surface area contributed by atoms with E-state index in [0.29, 0.717) is 29.1 Å². The van der Waals surface area contributed by atoms with Gasteiger partial charge in [0.05, 0.1) is 11.7 Å². The molecular formula is C20H22F3N3O3. The van der Waals surface area contributed by atoms with Gasteiger partial charge in [0.25, 0.3) is 5.91 Å². The first-order chi connectivity index (χ1) is 13.6. The summed E-state index contributed by atoms with van der Waals surface area (Å²) in [5.74, 6) is -0.569. The van der Waals surface area contributed by atoms with Crippen molar-refractivity contribution < 1.29 is 27.5 Å². The zero-order valence-electron chi connectivity index (χ0n) is 16.3. The summed E-state index contributed by atoms with van der Waals surface area (Å²) in [4.78, 5) is 32.5. The van der Waals surface area contributed by atoms with Crippen LogP contribution < -0.4 is 10.1 Å². The van der Waals surface area contributed by atoms with Gasteiger partial charge in [0.2, 0.25) is 5.88 Å². The van der Waals surface area contributed by atoms with E-state index in [2.05, 4.69) is 20.0 Å². The van der Waals surface area contributed by atoms with Gasteiger partial charge in [-0.2, -0.15) is 13.2 Å². The van der Waals surface area contributed by atoms with E-state index in [1.54, 1.807) is 39.0 Å². The molecule has 1 amide bonds. The number of ether oxygens (including phenoxy) is 1. The number of nitrogens with one attached hydrogen (secondary N) is 1. The van der Waals surface area contributed by atoms with Gasteiger partial charge in [-0.25, -0.2) is 4.98 Å². The van der Waals surface area contributed by atoms with Gasteiger partial charge in [0.1, 0.15) is 5.78 Å². The van der Waals surface area contributed by atoms with Crippen molar-refractivity contribution in [3.63, 3.8) is 0 Å². The third kappa shape index (κ3) is 7.17. The molecule has 0 fully saturated rings. The molecule has 156 valence electrons. The van der Waals surface area contributed by atoms with E-state index >= 15 is 0 Å². The fourth-order valence-corrected chi connectivity index (χ4v) is 2.55. The van der Waals surface area contributed by atoms with Crippen LogP contribution in [-0.2, 0) is 11.2 Å². The number of amides is 1. The Balaban J connectivity index is 2.10. The summed E-state index contributed by atoms with van der Waals surface area (Å²) in [7, 11) is 0. The van der Waals surface area contributed by atoms with Crippen molar-refractivity contribution in [2.45, 2.75) is 45.8 Å². The van der Waals surface area contributed by atoms with Gasteiger partial charge in [-0.05, 0) is 32.0 Å². The van der Waals surface area contributed by atoms with Gasteiger partial charge < -0.3 is 10.1 Å². The van der Waals surface area contributed by atoms with Crippen LogP contribution in [0.1, 0.15) is 53.7 Å². The van der Waals surface area contributed by atoms with Gasteiger partial charge in [-0.1, -0.05) is 13.0 Å². The third-order valence-corrected chi connectivity index (χ3v) is 3.96. The minimum atomic E-state index is -4.46. The lowest BCUT2D eigenvalue weighted by Gasteiger charge is -2.15. The number of hydrogen-bond donors (Lipinski definition) is 1. The number of rotatable bonds is 8. The summed E-state index contributed by atoms with van der Waals surface area (Å²) in [5, 5.41) is 2.74. The molecule has 0 aliphatic rings. The molecule has 0 bridgehead atoms. The number of aryl methyl sites for hydroxylation is 1. The van der Waals surface area contributed by atoms with Crippen molar-refractivity contribution in [3.8, 4) is 5.88 Å². The number of Topliss-reactive ketones (excluding diaryl/α,β-unsaturated/α-hetero) is 1. The molecule has 1 atom stereocenters. The SMILES string of the molecule is CCC(=O)Cc1cc(C(=O)NC(C)c2cccc(OCC(F)(F)F)n2)cc(C)n1. The lowest BCUT2D eigenvalue weighted by atomic mass is 10.1. The third-order valence-electron chi connectivity index (χ3n) is 3.96.